The average Bonchev–Trinajstić information content (AvgIpc) is 2.26. The Kier molecular flexibility index (Phi) is 4.99. The predicted molar refractivity (Wildman–Crippen MR) is 69.5 cm³/mol. The van der Waals surface area contributed by atoms with Gasteiger partial charge in [-0.15, -0.1) is 0 Å². The van der Waals surface area contributed by atoms with Crippen LogP contribution in [0.25, 0.3) is 0 Å². The van der Waals surface area contributed by atoms with Crippen molar-refractivity contribution in [2.24, 2.45) is 23.0 Å². The lowest BCUT2D eigenvalue weighted by atomic mass is 9.61. The maximum atomic E-state index is 11.6. The van der Waals surface area contributed by atoms with Crippen LogP contribution in [-0.2, 0) is 9.53 Å². The van der Waals surface area contributed by atoms with Gasteiger partial charge in [0.25, 0.3) is 0 Å². The first-order valence-corrected chi connectivity index (χ1v) is 6.76. The Morgan fingerprint density at radius 3 is 2.35 bits per heavy atom. The van der Waals surface area contributed by atoms with Crippen molar-refractivity contribution in [3.8, 4) is 0 Å². The van der Waals surface area contributed by atoms with Crippen molar-refractivity contribution in [1.82, 2.24) is 0 Å². The highest BCUT2D eigenvalue weighted by atomic mass is 16.5. The van der Waals surface area contributed by atoms with Crippen LogP contribution >= 0.6 is 0 Å². The van der Waals surface area contributed by atoms with Gasteiger partial charge in [-0.1, -0.05) is 20.8 Å². The zero-order chi connectivity index (χ0) is 13.1. The topological polar surface area (TPSA) is 52.3 Å². The number of hydrogen-bond donors (Lipinski definition) is 1. The molecule has 17 heavy (non-hydrogen) atoms. The molecule has 1 fully saturated rings. The van der Waals surface area contributed by atoms with Crippen molar-refractivity contribution < 1.29 is 9.53 Å². The van der Waals surface area contributed by atoms with Crippen LogP contribution in [-0.4, -0.2) is 19.1 Å². The van der Waals surface area contributed by atoms with Crippen molar-refractivity contribution in [3.63, 3.8) is 0 Å². The number of esters is 1. The van der Waals surface area contributed by atoms with Crippen LogP contribution in [0.3, 0.4) is 0 Å². The number of hydrogen-bond acceptors (Lipinski definition) is 3. The fourth-order valence-corrected chi connectivity index (χ4v) is 3.70. The summed E-state index contributed by atoms with van der Waals surface area (Å²) in [5, 5.41) is 0. The summed E-state index contributed by atoms with van der Waals surface area (Å²) >= 11 is 0. The number of rotatable bonds is 4. The van der Waals surface area contributed by atoms with Gasteiger partial charge in [0.15, 0.2) is 0 Å². The van der Waals surface area contributed by atoms with E-state index in [9.17, 15) is 4.79 Å². The van der Waals surface area contributed by atoms with Gasteiger partial charge < -0.3 is 10.5 Å². The third-order valence-corrected chi connectivity index (χ3v) is 4.27. The van der Waals surface area contributed by atoms with Gasteiger partial charge in [-0.05, 0) is 42.9 Å². The molecule has 1 rings (SSSR count). The summed E-state index contributed by atoms with van der Waals surface area (Å²) in [6, 6.07) is 0.104. The number of methoxy groups -OCH3 is 1. The van der Waals surface area contributed by atoms with E-state index < -0.39 is 0 Å². The van der Waals surface area contributed by atoms with Gasteiger partial charge in [-0.2, -0.15) is 0 Å². The van der Waals surface area contributed by atoms with Crippen LogP contribution in [0.1, 0.15) is 52.9 Å². The highest BCUT2D eigenvalue weighted by Gasteiger charge is 2.43. The lowest BCUT2D eigenvalue weighted by molar-refractivity contribution is -0.145. The van der Waals surface area contributed by atoms with E-state index in [1.807, 2.05) is 0 Å². The molecule has 0 spiro atoms. The Morgan fingerprint density at radius 1 is 1.41 bits per heavy atom. The summed E-state index contributed by atoms with van der Waals surface area (Å²) < 4.78 is 4.85. The number of carbonyl (C=O) groups excluding carboxylic acids is 1. The molecule has 0 aromatic heterocycles. The third kappa shape index (κ3) is 3.44. The molecule has 3 atom stereocenters. The first-order chi connectivity index (χ1) is 7.93. The van der Waals surface area contributed by atoms with Crippen LogP contribution < -0.4 is 5.73 Å². The zero-order valence-electron chi connectivity index (χ0n) is 11.7. The lowest BCUT2D eigenvalue weighted by Crippen LogP contribution is -2.47. The van der Waals surface area contributed by atoms with E-state index in [1.54, 1.807) is 0 Å². The number of ether oxygens (including phenoxy) is 1. The van der Waals surface area contributed by atoms with Gasteiger partial charge in [-0.3, -0.25) is 4.79 Å². The molecule has 1 aliphatic carbocycles. The average molecular weight is 241 g/mol. The monoisotopic (exact) mass is 241 g/mol. The van der Waals surface area contributed by atoms with Crippen molar-refractivity contribution >= 4 is 5.97 Å². The smallest absolute Gasteiger partial charge is 0.306 e. The summed E-state index contributed by atoms with van der Waals surface area (Å²) in [4.78, 5) is 11.6. The van der Waals surface area contributed by atoms with Gasteiger partial charge in [0, 0.05) is 6.04 Å². The van der Waals surface area contributed by atoms with Gasteiger partial charge >= 0.3 is 5.97 Å². The highest BCUT2D eigenvalue weighted by molar-refractivity contribution is 5.70. The zero-order valence-corrected chi connectivity index (χ0v) is 11.7. The maximum Gasteiger partial charge on any atom is 0.306 e. The van der Waals surface area contributed by atoms with E-state index in [0.29, 0.717) is 18.3 Å². The lowest BCUT2D eigenvalue weighted by Gasteiger charge is -2.46. The third-order valence-electron chi connectivity index (χ3n) is 4.27. The predicted octanol–water partition coefficient (Wildman–Crippen LogP) is 2.73. The Hall–Kier alpha value is -0.570. The van der Waals surface area contributed by atoms with Gasteiger partial charge in [0.05, 0.1) is 13.5 Å². The second-order valence-corrected chi connectivity index (χ2v) is 5.98. The van der Waals surface area contributed by atoms with Crippen LogP contribution in [0.15, 0.2) is 0 Å². The second kappa shape index (κ2) is 5.85. The molecule has 0 saturated heterocycles. The van der Waals surface area contributed by atoms with Gasteiger partial charge in [-0.25, -0.2) is 0 Å². The fourth-order valence-electron chi connectivity index (χ4n) is 3.70. The standard InChI is InChI=1S/C14H27NO2/c1-5-12(15)14(9-13(16)17-4)7-10(2)6-11(3)8-14/h10-12H,5-9,15H2,1-4H3. The Morgan fingerprint density at radius 2 is 1.94 bits per heavy atom. The van der Waals surface area contributed by atoms with E-state index in [2.05, 4.69) is 20.8 Å². The first-order valence-electron chi connectivity index (χ1n) is 6.76. The van der Waals surface area contributed by atoms with Crippen LogP contribution in [0.2, 0.25) is 0 Å². The molecule has 3 nitrogen and oxygen atoms in total. The second-order valence-electron chi connectivity index (χ2n) is 5.98. The molecule has 0 amide bonds. The molecular formula is C14H27NO2. The fraction of sp³-hybridized carbons (Fsp3) is 0.929. The van der Waals surface area contributed by atoms with Crippen molar-refractivity contribution in [2.75, 3.05) is 7.11 Å². The molecule has 2 N–H and O–H groups in total. The van der Waals surface area contributed by atoms with E-state index in [0.717, 1.165) is 19.3 Å². The molecule has 3 unspecified atom stereocenters. The summed E-state index contributed by atoms with van der Waals surface area (Å²) in [6.07, 6.45) is 4.77. The molecule has 0 aromatic rings. The summed E-state index contributed by atoms with van der Waals surface area (Å²) in [5.41, 5.74) is 6.26. The summed E-state index contributed by atoms with van der Waals surface area (Å²) in [7, 11) is 1.46. The minimum atomic E-state index is -0.116. The summed E-state index contributed by atoms with van der Waals surface area (Å²) in [5.74, 6) is 1.19. The molecular weight excluding hydrogens is 214 g/mol. The van der Waals surface area contributed by atoms with Gasteiger partial charge in [0.2, 0.25) is 0 Å². The molecule has 100 valence electrons. The number of nitrogens with two attached hydrogens (primary N) is 1. The molecule has 3 heteroatoms. The first kappa shape index (κ1) is 14.5. The minimum absolute atomic E-state index is 0.0427. The SMILES string of the molecule is CCC(N)C1(CC(=O)OC)CC(C)CC(C)C1. The maximum absolute atomic E-state index is 11.6. The summed E-state index contributed by atoms with van der Waals surface area (Å²) in [6.45, 7) is 6.64. The molecule has 0 radical (unpaired) electrons. The normalized spacial score (nSPS) is 35.4. The van der Waals surface area contributed by atoms with E-state index in [1.165, 1.54) is 13.5 Å². The van der Waals surface area contributed by atoms with Crippen LogP contribution in [0, 0.1) is 17.3 Å². The Labute approximate surface area is 105 Å². The Balaban J connectivity index is 2.88. The van der Waals surface area contributed by atoms with E-state index in [-0.39, 0.29) is 17.4 Å². The molecule has 1 saturated carbocycles. The van der Waals surface area contributed by atoms with E-state index >= 15 is 0 Å². The minimum Gasteiger partial charge on any atom is -0.469 e. The van der Waals surface area contributed by atoms with Gasteiger partial charge in [0.1, 0.15) is 0 Å². The van der Waals surface area contributed by atoms with Crippen molar-refractivity contribution in [1.29, 1.82) is 0 Å². The van der Waals surface area contributed by atoms with Crippen LogP contribution in [0.5, 0.6) is 0 Å². The molecule has 0 aliphatic heterocycles. The largest absolute Gasteiger partial charge is 0.469 e. The number of carbonyl (C=O) groups is 1. The molecule has 0 aromatic carbocycles. The molecule has 0 bridgehead atoms. The van der Waals surface area contributed by atoms with Crippen molar-refractivity contribution in [2.45, 2.75) is 58.9 Å². The quantitative estimate of drug-likeness (QED) is 0.770. The molecule has 1 aliphatic rings. The van der Waals surface area contributed by atoms with Crippen molar-refractivity contribution in [3.05, 3.63) is 0 Å². The van der Waals surface area contributed by atoms with E-state index in [4.69, 9.17) is 10.5 Å². The van der Waals surface area contributed by atoms with Crippen LogP contribution in [0.4, 0.5) is 0 Å². The molecule has 0 heterocycles. The highest BCUT2D eigenvalue weighted by Crippen LogP contribution is 2.47. The Bertz CT molecular complexity index is 255.